The Kier molecular flexibility index (Phi) is 24.2. The zero-order valence-corrected chi connectivity index (χ0v) is 20.6. The van der Waals surface area contributed by atoms with E-state index in [0.29, 0.717) is 19.4 Å². The first-order valence-electron chi connectivity index (χ1n) is 9.99. The number of nitrogens with one attached hydrogen (secondary N) is 3. The molecule has 0 amide bonds. The first-order chi connectivity index (χ1) is 15.3. The van der Waals surface area contributed by atoms with E-state index < -0.39 is 30.0 Å². The number of carbonyl (C=O) groups excluding carboxylic acids is 1. The molecule has 0 saturated heterocycles. The lowest BCUT2D eigenvalue weighted by atomic mass is 10.2. The molecular weight excluding hydrogens is 454 g/mol. The van der Waals surface area contributed by atoms with Crippen LogP contribution < -0.4 is 33.4 Å². The Labute approximate surface area is 200 Å². The highest BCUT2D eigenvalue weighted by molar-refractivity contribution is 5.79. The van der Waals surface area contributed by atoms with E-state index in [2.05, 4.69) is 26.5 Å². The van der Waals surface area contributed by atoms with Crippen molar-refractivity contribution in [3.63, 3.8) is 0 Å². The SMILES string of the molecule is CN(CC(=O)[O-])C(=N)N.C[C@H](N)C(=O)O.C[N+](C)(C)CCO.N=C(N)NCCC[C@H](N)C(=O)O. The van der Waals surface area contributed by atoms with Gasteiger partial charge in [0.2, 0.25) is 0 Å². The van der Waals surface area contributed by atoms with Crippen LogP contribution in [0.1, 0.15) is 19.8 Å². The quantitative estimate of drug-likeness (QED) is 0.0587. The van der Waals surface area contributed by atoms with E-state index in [0.717, 1.165) is 15.9 Å². The average Bonchev–Trinajstić information content (AvgIpc) is 2.64. The van der Waals surface area contributed by atoms with Crippen LogP contribution in [-0.4, -0.2) is 121 Å². The second-order valence-corrected chi connectivity index (χ2v) is 7.91. The van der Waals surface area contributed by atoms with Gasteiger partial charge in [0.25, 0.3) is 0 Å². The molecule has 0 aliphatic carbocycles. The van der Waals surface area contributed by atoms with Gasteiger partial charge in [0.05, 0.1) is 40.3 Å². The van der Waals surface area contributed by atoms with Gasteiger partial charge in [-0.1, -0.05) is 0 Å². The lowest BCUT2D eigenvalue weighted by Gasteiger charge is -2.21. The molecule has 0 spiro atoms. The van der Waals surface area contributed by atoms with Crippen LogP contribution in [0.3, 0.4) is 0 Å². The fraction of sp³-hybridized carbons (Fsp3) is 0.722. The third-order valence-corrected chi connectivity index (χ3v) is 3.26. The predicted molar refractivity (Wildman–Crippen MR) is 126 cm³/mol. The molecule has 0 fully saturated rings. The molecule has 0 aliphatic heterocycles. The molecule has 0 aromatic heterocycles. The number of carbonyl (C=O) groups is 3. The van der Waals surface area contributed by atoms with Crippen LogP contribution in [0.5, 0.6) is 0 Å². The number of nitrogens with zero attached hydrogens (tertiary/aromatic N) is 2. The van der Waals surface area contributed by atoms with Crippen LogP contribution in [0.25, 0.3) is 0 Å². The second-order valence-electron chi connectivity index (χ2n) is 7.91. The van der Waals surface area contributed by atoms with E-state index in [1.54, 1.807) is 0 Å². The molecule has 202 valence electrons. The Morgan fingerprint density at radius 3 is 1.71 bits per heavy atom. The van der Waals surface area contributed by atoms with E-state index in [-0.39, 0.29) is 25.1 Å². The summed E-state index contributed by atoms with van der Waals surface area (Å²) in [6.45, 7) is 2.68. The van der Waals surface area contributed by atoms with Gasteiger partial charge in [0.15, 0.2) is 11.9 Å². The van der Waals surface area contributed by atoms with Crippen LogP contribution in [0, 0.1) is 10.8 Å². The Balaban J connectivity index is -0.000000183. The van der Waals surface area contributed by atoms with Gasteiger partial charge in [0, 0.05) is 13.6 Å². The largest absolute Gasteiger partial charge is 0.548 e. The number of aliphatic carboxylic acids is 3. The summed E-state index contributed by atoms with van der Waals surface area (Å²) in [7, 11) is 7.56. The first-order valence-corrected chi connectivity index (χ1v) is 9.99. The molecule has 0 aromatic carbocycles. The fourth-order valence-electron chi connectivity index (χ4n) is 1.25. The number of quaternary nitrogens is 1. The third-order valence-electron chi connectivity index (χ3n) is 3.26. The van der Waals surface area contributed by atoms with Crippen molar-refractivity contribution in [3.8, 4) is 0 Å². The molecule has 14 N–H and O–H groups in total. The summed E-state index contributed by atoms with van der Waals surface area (Å²) >= 11 is 0. The average molecular weight is 498 g/mol. The second kappa shape index (κ2) is 21.6. The molecular formula is C18H43N9O7. The fourth-order valence-corrected chi connectivity index (χ4v) is 1.25. The molecule has 0 rings (SSSR count). The van der Waals surface area contributed by atoms with Gasteiger partial charge in [-0.15, -0.1) is 0 Å². The minimum Gasteiger partial charge on any atom is -0.548 e. The third kappa shape index (κ3) is 39.3. The maximum Gasteiger partial charge on any atom is 0.320 e. The van der Waals surface area contributed by atoms with Gasteiger partial charge in [-0.2, -0.15) is 0 Å². The molecule has 0 aliphatic rings. The van der Waals surface area contributed by atoms with Gasteiger partial charge in [0.1, 0.15) is 18.6 Å². The Bertz CT molecular complexity index is 611. The maximum atomic E-state index is 10.2. The number of hydrogen-bond donors (Lipinski definition) is 10. The summed E-state index contributed by atoms with van der Waals surface area (Å²) in [6, 6.07) is -1.55. The molecule has 2 atom stereocenters. The van der Waals surface area contributed by atoms with E-state index in [9.17, 15) is 19.5 Å². The van der Waals surface area contributed by atoms with Crippen molar-refractivity contribution in [2.75, 3.05) is 54.4 Å². The number of guanidine groups is 2. The Hall–Kier alpha value is -3.21. The van der Waals surface area contributed by atoms with Crippen LogP contribution in [0.2, 0.25) is 0 Å². The van der Waals surface area contributed by atoms with E-state index in [1.165, 1.54) is 14.0 Å². The van der Waals surface area contributed by atoms with E-state index in [1.807, 2.05) is 0 Å². The van der Waals surface area contributed by atoms with Crippen LogP contribution in [0.4, 0.5) is 0 Å². The molecule has 34 heavy (non-hydrogen) atoms. The van der Waals surface area contributed by atoms with Crippen LogP contribution in [-0.2, 0) is 14.4 Å². The molecule has 16 nitrogen and oxygen atoms in total. The van der Waals surface area contributed by atoms with Gasteiger partial charge in [-0.3, -0.25) is 20.4 Å². The Morgan fingerprint density at radius 2 is 1.53 bits per heavy atom. The zero-order chi connectivity index (χ0) is 28.1. The van der Waals surface area contributed by atoms with Crippen LogP contribution in [0.15, 0.2) is 0 Å². The number of aliphatic hydroxyl groups is 1. The molecule has 0 radical (unpaired) electrons. The zero-order valence-electron chi connectivity index (χ0n) is 20.6. The highest BCUT2D eigenvalue weighted by Crippen LogP contribution is 1.92. The Morgan fingerprint density at radius 1 is 1.09 bits per heavy atom. The summed E-state index contributed by atoms with van der Waals surface area (Å²) in [6.07, 6.45) is 0.975. The van der Waals surface area contributed by atoms with Gasteiger partial charge >= 0.3 is 11.9 Å². The number of carboxylic acids is 3. The van der Waals surface area contributed by atoms with Crippen molar-refractivity contribution in [3.05, 3.63) is 0 Å². The van der Waals surface area contributed by atoms with Gasteiger partial charge in [-0.05, 0) is 19.8 Å². The van der Waals surface area contributed by atoms with Crippen molar-refractivity contribution in [1.82, 2.24) is 10.2 Å². The van der Waals surface area contributed by atoms with Crippen molar-refractivity contribution in [1.29, 1.82) is 10.8 Å². The normalized spacial score (nSPS) is 11.4. The van der Waals surface area contributed by atoms with Gasteiger partial charge in [-0.25, -0.2) is 0 Å². The standard InChI is InChI=1S/C6H14N4O2.C5H14NO.C4H9N3O2.C3H7NO2/c7-4(5(11)12)2-1-3-10-6(8)9;1-6(2,3)4-5-7;1-7(4(5)6)2-3(8)9;1-2(4)3(5)6/h4H,1-3,7H2,(H,11,12)(H4,8,9,10);7H,4-5H2,1-3H3;2H2,1H3,(H3,5,6)(H,8,9);2H,4H2,1H3,(H,5,6)/q;+1;;/p-1/t4-;;;2-/m0..0/s1. The lowest BCUT2D eigenvalue weighted by Crippen LogP contribution is -2.41. The highest BCUT2D eigenvalue weighted by atomic mass is 16.4. The molecule has 0 unspecified atom stereocenters. The van der Waals surface area contributed by atoms with Crippen molar-refractivity contribution in [2.45, 2.75) is 31.8 Å². The van der Waals surface area contributed by atoms with E-state index >= 15 is 0 Å². The topological polar surface area (TPSA) is 302 Å². The molecule has 0 aromatic rings. The van der Waals surface area contributed by atoms with Gasteiger partial charge < -0.3 is 62.9 Å². The summed E-state index contributed by atoms with van der Waals surface area (Å²) < 4.78 is 0.844. The van der Waals surface area contributed by atoms with Crippen LogP contribution >= 0.6 is 0 Å². The van der Waals surface area contributed by atoms with E-state index in [4.69, 9.17) is 49.1 Å². The summed E-state index contributed by atoms with van der Waals surface area (Å²) in [5, 5.41) is 50.5. The predicted octanol–water partition coefficient (Wildman–Crippen LogP) is -4.67. The molecule has 0 heterocycles. The smallest absolute Gasteiger partial charge is 0.320 e. The molecule has 0 bridgehead atoms. The highest BCUT2D eigenvalue weighted by Gasteiger charge is 2.09. The monoisotopic (exact) mass is 497 g/mol. The first kappa shape index (κ1) is 38.1. The minimum atomic E-state index is -1.24. The number of hydrogen-bond acceptors (Lipinski definition) is 9. The van der Waals surface area contributed by atoms with Crippen molar-refractivity contribution in [2.24, 2.45) is 22.9 Å². The summed E-state index contributed by atoms with van der Waals surface area (Å²) in [5.74, 6) is -3.60. The van der Waals surface area contributed by atoms with Crippen molar-refractivity contribution >= 4 is 29.8 Å². The number of nitrogens with two attached hydrogens (primary N) is 4. The number of rotatable bonds is 10. The maximum absolute atomic E-state index is 10.2. The lowest BCUT2D eigenvalue weighted by molar-refractivity contribution is -0.870. The molecule has 0 saturated carbocycles. The number of likely N-dealkylation sites (N-methyl/N-ethyl adjacent to an activating group) is 2. The number of aliphatic hydroxyl groups excluding tert-OH is 1. The summed E-state index contributed by atoms with van der Waals surface area (Å²) in [5.41, 5.74) is 20.0. The summed E-state index contributed by atoms with van der Waals surface area (Å²) in [4.78, 5) is 30.7. The van der Waals surface area contributed by atoms with Crippen molar-refractivity contribution < 1.29 is 39.3 Å². The molecule has 16 heteroatoms. The minimum absolute atomic E-state index is 0.112. The number of carboxylic acid groups (broad SMARTS) is 3.